The number of imide groups is 2. The van der Waals surface area contributed by atoms with Crippen molar-refractivity contribution in [3.63, 3.8) is 0 Å². The third-order valence-electron chi connectivity index (χ3n) is 13.2. The summed E-state index contributed by atoms with van der Waals surface area (Å²) in [5.74, 6) is -2.32. The number of anilines is 1. The molecule has 0 radical (unpaired) electrons. The van der Waals surface area contributed by atoms with Crippen molar-refractivity contribution in [2.45, 2.75) is 50.9 Å². The van der Waals surface area contributed by atoms with Gasteiger partial charge in [0.15, 0.2) is 5.82 Å². The van der Waals surface area contributed by atoms with E-state index < -0.39 is 35.5 Å². The van der Waals surface area contributed by atoms with E-state index in [9.17, 15) is 29.1 Å². The zero-order valence-electron chi connectivity index (χ0n) is 39.8. The standard InChI is InChI=1S/C52H55ClFN7O11/c1-3-44(64)59-16-18-60(19-17-59)48-40-29-41(53)45(38-27-33(62)26-32-6-4-5-7-36(32)38)46(54)47(40)56-52(57-48)72-31(2)30-58-14-12-34(13-15-58)70-24-22-68-20-21-69-23-25-71-35-8-9-37-39(28-35)51(67)61(50(37)66)42-10-11-43(63)55-49(42)65/h3-9,26-29,31,34,42,62H,1,10-25,30H2,2H3,(H,55,63,65)/t31-,42?/m1/s1. The predicted octanol–water partition coefficient (Wildman–Crippen LogP) is 5.54. The van der Waals surface area contributed by atoms with Gasteiger partial charge in [-0.05, 0) is 85.0 Å². The van der Waals surface area contributed by atoms with Crippen LogP contribution in [-0.4, -0.2) is 163 Å². The van der Waals surface area contributed by atoms with Crippen LogP contribution >= 0.6 is 11.6 Å². The van der Waals surface area contributed by atoms with Crippen molar-refractivity contribution in [1.82, 2.24) is 30.0 Å². The number of rotatable bonds is 19. The first kappa shape index (κ1) is 50.2. The number of ether oxygens (including phenoxy) is 5. The van der Waals surface area contributed by atoms with E-state index >= 15 is 4.39 Å². The van der Waals surface area contributed by atoms with Crippen molar-refractivity contribution < 1.29 is 57.2 Å². The maximum Gasteiger partial charge on any atom is 0.319 e. The van der Waals surface area contributed by atoms with Gasteiger partial charge >= 0.3 is 6.01 Å². The Kier molecular flexibility index (Phi) is 15.6. The number of nitrogens with zero attached hydrogens (tertiary/aromatic N) is 6. The molecule has 1 unspecified atom stereocenters. The minimum absolute atomic E-state index is 0.00986. The number of aromatic nitrogens is 2. The number of benzene rings is 4. The van der Waals surface area contributed by atoms with E-state index in [0.29, 0.717) is 87.1 Å². The second-order valence-electron chi connectivity index (χ2n) is 18.0. The minimum atomic E-state index is -1.04. The summed E-state index contributed by atoms with van der Waals surface area (Å²) in [6, 6.07) is 15.7. The molecule has 72 heavy (non-hydrogen) atoms. The third-order valence-corrected chi connectivity index (χ3v) is 13.5. The minimum Gasteiger partial charge on any atom is -0.508 e. The molecule has 5 amide bonds. The van der Waals surface area contributed by atoms with Gasteiger partial charge in [0, 0.05) is 63.2 Å². The molecule has 0 saturated carbocycles. The number of aromatic hydroxyl groups is 1. The summed E-state index contributed by atoms with van der Waals surface area (Å²) in [5, 5.41) is 14.8. The van der Waals surface area contributed by atoms with Crippen LogP contribution in [0.5, 0.6) is 17.5 Å². The summed E-state index contributed by atoms with van der Waals surface area (Å²) in [5.41, 5.74) is 0.870. The summed E-state index contributed by atoms with van der Waals surface area (Å²) in [4.78, 5) is 78.6. The molecule has 20 heteroatoms. The molecule has 2 atom stereocenters. The molecule has 5 heterocycles. The largest absolute Gasteiger partial charge is 0.508 e. The molecule has 18 nitrogen and oxygen atoms in total. The maximum atomic E-state index is 17.1. The van der Waals surface area contributed by atoms with E-state index in [1.807, 2.05) is 36.1 Å². The quantitative estimate of drug-likeness (QED) is 0.0593. The SMILES string of the molecule is C=CC(=O)N1CCN(c2nc(O[C@H](C)CN3CCC(OCCOCCOCCOc4ccc5c(c4)C(=O)N(C4CCC(=O)NC4=O)C5=O)CC3)nc3c(F)c(-c4cc(O)cc5ccccc45)c(Cl)cc23)CC1. The van der Waals surface area contributed by atoms with Gasteiger partial charge in [-0.25, -0.2) is 4.39 Å². The highest BCUT2D eigenvalue weighted by Gasteiger charge is 2.45. The van der Waals surface area contributed by atoms with Gasteiger partial charge in [0.1, 0.15) is 41.6 Å². The van der Waals surface area contributed by atoms with E-state index in [-0.39, 0.29) is 83.2 Å². The summed E-state index contributed by atoms with van der Waals surface area (Å²) >= 11 is 6.91. The Morgan fingerprint density at radius 3 is 2.33 bits per heavy atom. The number of nitrogens with one attached hydrogen (secondary N) is 1. The van der Waals surface area contributed by atoms with Crippen LogP contribution in [0.15, 0.2) is 73.3 Å². The van der Waals surface area contributed by atoms with Gasteiger partial charge in [-0.15, -0.1) is 0 Å². The smallest absolute Gasteiger partial charge is 0.319 e. The monoisotopic (exact) mass is 1010 g/mol. The van der Waals surface area contributed by atoms with Crippen molar-refractivity contribution in [1.29, 1.82) is 0 Å². The van der Waals surface area contributed by atoms with Crippen molar-refractivity contribution >= 4 is 68.6 Å². The van der Waals surface area contributed by atoms with Crippen LogP contribution in [-0.2, 0) is 28.6 Å². The highest BCUT2D eigenvalue weighted by molar-refractivity contribution is 6.35. The summed E-state index contributed by atoms with van der Waals surface area (Å²) in [6.07, 6.45) is 2.76. The molecule has 3 saturated heterocycles. The van der Waals surface area contributed by atoms with Crippen LogP contribution in [0.3, 0.4) is 0 Å². The third kappa shape index (κ3) is 11.0. The zero-order chi connectivity index (χ0) is 50.5. The molecule has 4 aromatic carbocycles. The lowest BCUT2D eigenvalue weighted by atomic mass is 9.96. The molecule has 9 rings (SSSR count). The lowest BCUT2D eigenvalue weighted by Gasteiger charge is -2.35. The fraction of sp³-hybridized carbons (Fsp3) is 0.404. The Labute approximate surface area is 419 Å². The van der Waals surface area contributed by atoms with Gasteiger partial charge in [0.25, 0.3) is 11.8 Å². The molecule has 4 aliphatic heterocycles. The summed E-state index contributed by atoms with van der Waals surface area (Å²) in [7, 11) is 0. The lowest BCUT2D eigenvalue weighted by Crippen LogP contribution is -2.54. The average molecular weight is 1010 g/mol. The highest BCUT2D eigenvalue weighted by atomic mass is 35.5. The second-order valence-corrected chi connectivity index (χ2v) is 18.4. The van der Waals surface area contributed by atoms with Crippen molar-refractivity contribution in [2.75, 3.05) is 90.4 Å². The van der Waals surface area contributed by atoms with Crippen LogP contribution in [0.2, 0.25) is 5.02 Å². The number of carbonyl (C=O) groups is 5. The topological polar surface area (TPSA) is 202 Å². The molecular weight excluding hydrogens is 953 g/mol. The van der Waals surface area contributed by atoms with E-state index in [4.69, 9.17) is 40.3 Å². The number of piperazine rings is 1. The van der Waals surface area contributed by atoms with Crippen molar-refractivity contribution in [3.8, 4) is 28.6 Å². The van der Waals surface area contributed by atoms with Gasteiger partial charge in [-0.2, -0.15) is 9.97 Å². The number of phenolic OH excluding ortho intramolecular Hbond substituents is 1. The Bertz CT molecular complexity index is 2910. The van der Waals surface area contributed by atoms with Gasteiger partial charge in [-0.3, -0.25) is 39.1 Å². The van der Waals surface area contributed by atoms with Crippen LogP contribution in [0.1, 0.15) is 53.3 Å². The summed E-state index contributed by atoms with van der Waals surface area (Å²) < 4.78 is 46.6. The van der Waals surface area contributed by atoms with Gasteiger partial charge in [0.2, 0.25) is 17.7 Å². The number of hydrogen-bond acceptors (Lipinski definition) is 15. The number of phenols is 1. The molecule has 0 spiro atoms. The average Bonchev–Trinajstić information content (AvgIpc) is 3.61. The first-order chi connectivity index (χ1) is 34.9. The number of fused-ring (bicyclic) bond motifs is 3. The second kappa shape index (κ2) is 22.3. The van der Waals surface area contributed by atoms with E-state index in [1.165, 1.54) is 24.3 Å². The number of carbonyl (C=O) groups excluding carboxylic acids is 5. The maximum absolute atomic E-state index is 17.1. The molecule has 0 bridgehead atoms. The first-order valence-electron chi connectivity index (χ1n) is 24.1. The Hall–Kier alpha value is -6.77. The van der Waals surface area contributed by atoms with E-state index in [1.54, 1.807) is 23.1 Å². The molecular formula is C52H55ClFN7O11. The van der Waals surface area contributed by atoms with E-state index in [2.05, 4.69) is 21.8 Å². The molecule has 1 aromatic heterocycles. The van der Waals surface area contributed by atoms with Crippen LogP contribution < -0.4 is 19.7 Å². The number of likely N-dealkylation sites (tertiary alicyclic amines) is 1. The molecule has 0 aliphatic carbocycles. The zero-order valence-corrected chi connectivity index (χ0v) is 40.5. The molecule has 378 valence electrons. The predicted molar refractivity (Wildman–Crippen MR) is 264 cm³/mol. The fourth-order valence-electron chi connectivity index (χ4n) is 9.66. The highest BCUT2D eigenvalue weighted by Crippen LogP contribution is 2.43. The van der Waals surface area contributed by atoms with Gasteiger partial charge in [-0.1, -0.05) is 42.4 Å². The number of halogens is 2. The normalized spacial score (nSPS) is 18.2. The Morgan fingerprint density at radius 2 is 1.58 bits per heavy atom. The summed E-state index contributed by atoms with van der Waals surface area (Å²) in [6.45, 7) is 11.4. The Balaban J connectivity index is 0.718. The van der Waals surface area contributed by atoms with Crippen LogP contribution in [0.4, 0.5) is 10.2 Å². The number of hydrogen-bond donors (Lipinski definition) is 2. The van der Waals surface area contributed by atoms with Gasteiger partial charge < -0.3 is 38.6 Å². The van der Waals surface area contributed by atoms with Crippen LogP contribution in [0.25, 0.3) is 32.8 Å². The van der Waals surface area contributed by atoms with Gasteiger partial charge in [0.05, 0.1) is 55.3 Å². The fourth-order valence-corrected chi connectivity index (χ4v) is 9.96. The molecule has 2 N–H and O–H groups in total. The van der Waals surface area contributed by atoms with Crippen molar-refractivity contribution in [3.05, 3.63) is 95.3 Å². The van der Waals surface area contributed by atoms with Crippen molar-refractivity contribution in [2.24, 2.45) is 0 Å². The van der Waals surface area contributed by atoms with E-state index in [0.717, 1.165) is 36.2 Å². The van der Waals surface area contributed by atoms with Crippen LogP contribution in [0, 0.1) is 5.82 Å². The first-order valence-corrected chi connectivity index (χ1v) is 24.5. The lowest BCUT2D eigenvalue weighted by molar-refractivity contribution is -0.136. The number of amides is 5. The number of piperidine rings is 2. The molecule has 4 aliphatic rings. The molecule has 3 fully saturated rings. The Morgan fingerprint density at radius 1 is 0.861 bits per heavy atom. The molecule has 5 aromatic rings.